The Morgan fingerprint density at radius 1 is 1.27 bits per heavy atom. The molecule has 0 bridgehead atoms. The minimum Gasteiger partial charge on any atom is -0.370 e. The summed E-state index contributed by atoms with van der Waals surface area (Å²) in [5, 5.41) is 8.75. The average molecular weight is 222 g/mol. The summed E-state index contributed by atoms with van der Waals surface area (Å²) in [6.07, 6.45) is 0. The molecule has 0 spiro atoms. The van der Waals surface area contributed by atoms with Crippen LogP contribution in [-0.4, -0.2) is 24.6 Å². The predicted octanol–water partition coefficient (Wildman–Crippen LogP) is 2.25. The van der Waals surface area contributed by atoms with E-state index in [1.807, 2.05) is 17.8 Å². The molecular weight excluding hydrogens is 211 g/mol. The van der Waals surface area contributed by atoms with E-state index in [0.29, 0.717) is 5.56 Å². The molecule has 4 heteroatoms. The van der Waals surface area contributed by atoms with Crippen LogP contribution in [0.15, 0.2) is 18.2 Å². The van der Waals surface area contributed by atoms with Crippen molar-refractivity contribution in [2.75, 3.05) is 29.5 Å². The van der Waals surface area contributed by atoms with Crippen LogP contribution >= 0.6 is 11.8 Å². The maximum atomic E-state index is 13.2. The van der Waals surface area contributed by atoms with Crippen LogP contribution in [0.4, 0.5) is 10.1 Å². The van der Waals surface area contributed by atoms with Crippen molar-refractivity contribution in [2.24, 2.45) is 0 Å². The number of nitriles is 1. The lowest BCUT2D eigenvalue weighted by Crippen LogP contribution is -2.32. The number of hydrogen-bond donors (Lipinski definition) is 0. The maximum absolute atomic E-state index is 13.2. The van der Waals surface area contributed by atoms with Crippen molar-refractivity contribution in [3.05, 3.63) is 29.6 Å². The van der Waals surface area contributed by atoms with Gasteiger partial charge >= 0.3 is 0 Å². The number of thioether (sulfide) groups is 1. The van der Waals surface area contributed by atoms with Gasteiger partial charge in [0.05, 0.1) is 11.6 Å². The molecule has 78 valence electrons. The van der Waals surface area contributed by atoms with Gasteiger partial charge in [-0.2, -0.15) is 17.0 Å². The van der Waals surface area contributed by atoms with Gasteiger partial charge in [0.15, 0.2) is 0 Å². The fraction of sp³-hybridized carbons (Fsp3) is 0.364. The van der Waals surface area contributed by atoms with Crippen LogP contribution in [0, 0.1) is 17.1 Å². The van der Waals surface area contributed by atoms with Gasteiger partial charge in [0, 0.05) is 30.3 Å². The molecule has 2 nitrogen and oxygen atoms in total. The topological polar surface area (TPSA) is 27.0 Å². The minimum absolute atomic E-state index is 0.331. The van der Waals surface area contributed by atoms with Crippen molar-refractivity contribution in [1.29, 1.82) is 5.26 Å². The van der Waals surface area contributed by atoms with Crippen molar-refractivity contribution in [1.82, 2.24) is 0 Å². The van der Waals surface area contributed by atoms with Gasteiger partial charge < -0.3 is 4.90 Å². The Bertz CT molecular complexity index is 394. The lowest BCUT2D eigenvalue weighted by atomic mass is 10.2. The van der Waals surface area contributed by atoms with E-state index in [0.717, 1.165) is 30.3 Å². The fourth-order valence-corrected chi connectivity index (χ4v) is 2.55. The molecule has 0 radical (unpaired) electrons. The van der Waals surface area contributed by atoms with E-state index in [1.165, 1.54) is 12.1 Å². The summed E-state index contributed by atoms with van der Waals surface area (Å²) >= 11 is 1.91. The maximum Gasteiger partial charge on any atom is 0.126 e. The normalized spacial score (nSPS) is 16.1. The van der Waals surface area contributed by atoms with Crippen LogP contribution in [0.25, 0.3) is 0 Å². The first-order valence-electron chi connectivity index (χ1n) is 4.83. The number of hydrogen-bond acceptors (Lipinski definition) is 3. The van der Waals surface area contributed by atoms with E-state index >= 15 is 0 Å². The molecule has 15 heavy (non-hydrogen) atoms. The quantitative estimate of drug-likeness (QED) is 0.729. The molecule has 2 rings (SSSR count). The van der Waals surface area contributed by atoms with Crippen LogP contribution in [0.5, 0.6) is 0 Å². The van der Waals surface area contributed by atoms with Gasteiger partial charge in [-0.05, 0) is 18.2 Å². The smallest absolute Gasteiger partial charge is 0.126 e. The van der Waals surface area contributed by atoms with Crippen molar-refractivity contribution in [2.45, 2.75) is 0 Å². The van der Waals surface area contributed by atoms with Crippen LogP contribution in [0.2, 0.25) is 0 Å². The first kappa shape index (κ1) is 10.3. The van der Waals surface area contributed by atoms with E-state index in [9.17, 15) is 4.39 Å². The van der Waals surface area contributed by atoms with Gasteiger partial charge in [0.1, 0.15) is 5.82 Å². The monoisotopic (exact) mass is 222 g/mol. The lowest BCUT2D eigenvalue weighted by molar-refractivity contribution is 0.626. The standard InChI is InChI=1S/C11H11FN2S/c12-10-5-9(8-13)6-11(7-10)14-1-3-15-4-2-14/h5-7H,1-4H2. The second kappa shape index (κ2) is 4.54. The summed E-state index contributed by atoms with van der Waals surface area (Å²) in [6, 6.07) is 6.49. The largest absolute Gasteiger partial charge is 0.370 e. The Balaban J connectivity index is 2.27. The molecule has 0 saturated carbocycles. The zero-order chi connectivity index (χ0) is 10.7. The van der Waals surface area contributed by atoms with E-state index in [1.54, 1.807) is 6.07 Å². The summed E-state index contributed by atoms with van der Waals surface area (Å²) in [4.78, 5) is 2.13. The van der Waals surface area contributed by atoms with Crippen LogP contribution < -0.4 is 4.90 Å². The molecule has 1 aliphatic heterocycles. The molecule has 0 unspecified atom stereocenters. The van der Waals surface area contributed by atoms with Crippen LogP contribution in [0.1, 0.15) is 5.56 Å². The van der Waals surface area contributed by atoms with Gasteiger partial charge in [0.25, 0.3) is 0 Å². The molecule has 0 N–H and O–H groups in total. The SMILES string of the molecule is N#Cc1cc(F)cc(N2CCSCC2)c1. The number of benzene rings is 1. The Morgan fingerprint density at radius 3 is 2.67 bits per heavy atom. The highest BCUT2D eigenvalue weighted by Crippen LogP contribution is 2.21. The van der Waals surface area contributed by atoms with Gasteiger partial charge in [0.2, 0.25) is 0 Å². The number of nitrogens with zero attached hydrogens (tertiary/aromatic N) is 2. The van der Waals surface area contributed by atoms with Gasteiger partial charge in [-0.15, -0.1) is 0 Å². The minimum atomic E-state index is -0.331. The summed E-state index contributed by atoms with van der Waals surface area (Å²) in [7, 11) is 0. The lowest BCUT2D eigenvalue weighted by Gasteiger charge is -2.28. The Hall–Kier alpha value is -1.21. The summed E-state index contributed by atoms with van der Waals surface area (Å²) in [5.74, 6) is 1.80. The molecule has 1 aromatic carbocycles. The van der Waals surface area contributed by atoms with Gasteiger partial charge in [-0.3, -0.25) is 0 Å². The summed E-state index contributed by atoms with van der Waals surface area (Å²) in [6.45, 7) is 1.86. The molecule has 1 fully saturated rings. The van der Waals surface area contributed by atoms with Crippen molar-refractivity contribution in [3.8, 4) is 6.07 Å². The average Bonchev–Trinajstić information content (AvgIpc) is 2.29. The first-order valence-corrected chi connectivity index (χ1v) is 5.98. The third-order valence-corrected chi connectivity index (χ3v) is 3.33. The highest BCUT2D eigenvalue weighted by Gasteiger charge is 2.12. The molecule has 0 atom stereocenters. The molecular formula is C11H11FN2S. The van der Waals surface area contributed by atoms with Crippen molar-refractivity contribution < 1.29 is 4.39 Å². The molecule has 0 aliphatic carbocycles. The number of anilines is 1. The predicted molar refractivity (Wildman–Crippen MR) is 60.7 cm³/mol. The van der Waals surface area contributed by atoms with E-state index in [-0.39, 0.29) is 5.82 Å². The molecule has 0 amide bonds. The molecule has 1 aliphatic rings. The van der Waals surface area contributed by atoms with Crippen LogP contribution in [0.3, 0.4) is 0 Å². The number of rotatable bonds is 1. The van der Waals surface area contributed by atoms with Crippen molar-refractivity contribution in [3.63, 3.8) is 0 Å². The van der Waals surface area contributed by atoms with Gasteiger partial charge in [-0.1, -0.05) is 0 Å². The van der Waals surface area contributed by atoms with E-state index in [2.05, 4.69) is 4.90 Å². The Morgan fingerprint density at radius 2 is 2.00 bits per heavy atom. The molecule has 1 aromatic rings. The van der Waals surface area contributed by atoms with Crippen molar-refractivity contribution >= 4 is 17.4 Å². The van der Waals surface area contributed by atoms with E-state index < -0.39 is 0 Å². The highest BCUT2D eigenvalue weighted by molar-refractivity contribution is 7.99. The fourth-order valence-electron chi connectivity index (χ4n) is 1.64. The Kier molecular flexibility index (Phi) is 3.12. The second-order valence-electron chi connectivity index (χ2n) is 3.41. The highest BCUT2D eigenvalue weighted by atomic mass is 32.2. The summed E-state index contributed by atoms with van der Waals surface area (Å²) in [5.41, 5.74) is 1.22. The van der Waals surface area contributed by atoms with Gasteiger partial charge in [-0.25, -0.2) is 4.39 Å². The summed E-state index contributed by atoms with van der Waals surface area (Å²) < 4.78 is 13.2. The first-order chi connectivity index (χ1) is 7.29. The van der Waals surface area contributed by atoms with E-state index in [4.69, 9.17) is 5.26 Å². The molecule has 1 heterocycles. The molecule has 0 aromatic heterocycles. The third-order valence-electron chi connectivity index (χ3n) is 2.39. The third kappa shape index (κ3) is 2.42. The zero-order valence-electron chi connectivity index (χ0n) is 8.24. The number of halogens is 1. The Labute approximate surface area is 92.7 Å². The van der Waals surface area contributed by atoms with Crippen LogP contribution in [-0.2, 0) is 0 Å². The zero-order valence-corrected chi connectivity index (χ0v) is 9.06. The second-order valence-corrected chi connectivity index (χ2v) is 4.63. The molecule has 1 saturated heterocycles.